The van der Waals surface area contributed by atoms with Crippen LogP contribution in [0.15, 0.2) is 24.3 Å². The summed E-state index contributed by atoms with van der Waals surface area (Å²) in [7, 11) is 0. The summed E-state index contributed by atoms with van der Waals surface area (Å²) in [5.74, 6) is 0.977. The van der Waals surface area contributed by atoms with Crippen LogP contribution in [0.3, 0.4) is 0 Å². The Bertz CT molecular complexity index is 428. The molecule has 1 saturated carbocycles. The molecule has 21 heavy (non-hydrogen) atoms. The minimum absolute atomic E-state index is 0.377. The first kappa shape index (κ1) is 14.8. The van der Waals surface area contributed by atoms with Crippen LogP contribution in [0.25, 0.3) is 0 Å². The number of hydrogen-bond acceptors (Lipinski definition) is 4. The zero-order chi connectivity index (χ0) is 14.5. The summed E-state index contributed by atoms with van der Waals surface area (Å²) in [6, 6.07) is 8.39. The van der Waals surface area contributed by atoms with Crippen molar-refractivity contribution in [1.29, 1.82) is 0 Å². The summed E-state index contributed by atoms with van der Waals surface area (Å²) in [5, 5.41) is 9.75. The van der Waals surface area contributed by atoms with E-state index in [9.17, 15) is 5.11 Å². The average molecular weight is 291 g/mol. The molecule has 0 bridgehead atoms. The largest absolute Gasteiger partial charge is 0.490 e. The Hall–Kier alpha value is -1.10. The van der Waals surface area contributed by atoms with Crippen molar-refractivity contribution in [2.24, 2.45) is 0 Å². The minimum Gasteiger partial charge on any atom is -0.490 e. The van der Waals surface area contributed by atoms with Crippen LogP contribution in [0.1, 0.15) is 31.2 Å². The first-order valence-corrected chi connectivity index (χ1v) is 8.03. The Morgan fingerprint density at radius 1 is 1.19 bits per heavy atom. The molecule has 1 aliphatic heterocycles. The van der Waals surface area contributed by atoms with Crippen LogP contribution in [-0.2, 0) is 11.3 Å². The van der Waals surface area contributed by atoms with Gasteiger partial charge in [-0.1, -0.05) is 12.1 Å². The lowest BCUT2D eigenvalue weighted by Gasteiger charge is -2.21. The highest BCUT2D eigenvalue weighted by Crippen LogP contribution is 2.24. The van der Waals surface area contributed by atoms with Crippen molar-refractivity contribution >= 4 is 0 Å². The fourth-order valence-corrected chi connectivity index (χ4v) is 3.13. The number of benzene rings is 1. The van der Waals surface area contributed by atoms with Crippen LogP contribution in [0.4, 0.5) is 0 Å². The molecule has 1 atom stereocenters. The van der Waals surface area contributed by atoms with Crippen molar-refractivity contribution in [1.82, 2.24) is 4.90 Å². The molecule has 0 aromatic heterocycles. The molecule has 1 aromatic rings. The van der Waals surface area contributed by atoms with E-state index in [1.807, 2.05) is 0 Å². The van der Waals surface area contributed by atoms with Gasteiger partial charge in [-0.2, -0.15) is 0 Å². The van der Waals surface area contributed by atoms with Gasteiger partial charge in [0.15, 0.2) is 0 Å². The van der Waals surface area contributed by atoms with Crippen LogP contribution in [0.2, 0.25) is 0 Å². The summed E-state index contributed by atoms with van der Waals surface area (Å²) >= 11 is 0. The first-order valence-electron chi connectivity index (χ1n) is 8.03. The summed E-state index contributed by atoms with van der Waals surface area (Å²) in [6.07, 6.45) is 5.00. The van der Waals surface area contributed by atoms with Crippen molar-refractivity contribution in [3.05, 3.63) is 29.8 Å². The molecule has 4 nitrogen and oxygen atoms in total. The third-order valence-electron chi connectivity index (χ3n) is 4.27. The Balaban J connectivity index is 1.53. The van der Waals surface area contributed by atoms with Gasteiger partial charge in [-0.3, -0.25) is 4.90 Å². The molecular formula is C17H25NO3. The molecule has 1 saturated heterocycles. The number of rotatable bonds is 4. The molecular weight excluding hydrogens is 266 g/mol. The quantitative estimate of drug-likeness (QED) is 0.923. The van der Waals surface area contributed by atoms with E-state index in [2.05, 4.69) is 29.2 Å². The SMILES string of the molecule is O[C@H]1COCCN(Cc2ccc(OC3CCCC3)cc2)C1. The van der Waals surface area contributed by atoms with Gasteiger partial charge in [-0.15, -0.1) is 0 Å². The maximum absolute atomic E-state index is 9.75. The molecule has 0 spiro atoms. The summed E-state index contributed by atoms with van der Waals surface area (Å²) in [6.45, 7) is 3.55. The van der Waals surface area contributed by atoms with E-state index in [0.29, 0.717) is 25.9 Å². The molecule has 0 amide bonds. The first-order chi connectivity index (χ1) is 10.3. The van der Waals surface area contributed by atoms with Crippen LogP contribution in [0.5, 0.6) is 5.75 Å². The number of aliphatic hydroxyl groups excluding tert-OH is 1. The molecule has 0 radical (unpaired) electrons. The highest BCUT2D eigenvalue weighted by Gasteiger charge is 2.17. The number of ether oxygens (including phenoxy) is 2. The maximum atomic E-state index is 9.75. The Morgan fingerprint density at radius 3 is 2.71 bits per heavy atom. The fraction of sp³-hybridized carbons (Fsp3) is 0.647. The Kier molecular flexibility index (Phi) is 5.12. The number of hydrogen-bond donors (Lipinski definition) is 1. The predicted molar refractivity (Wildman–Crippen MR) is 81.4 cm³/mol. The third-order valence-corrected chi connectivity index (χ3v) is 4.27. The molecule has 1 aliphatic carbocycles. The summed E-state index contributed by atoms with van der Waals surface area (Å²) in [5.41, 5.74) is 1.25. The Labute approximate surface area is 126 Å². The second-order valence-electron chi connectivity index (χ2n) is 6.13. The molecule has 2 aliphatic rings. The molecule has 116 valence electrons. The summed E-state index contributed by atoms with van der Waals surface area (Å²) in [4.78, 5) is 2.24. The van der Waals surface area contributed by atoms with Gasteiger partial charge in [-0.25, -0.2) is 0 Å². The number of nitrogens with zero attached hydrogens (tertiary/aromatic N) is 1. The van der Waals surface area contributed by atoms with Gasteiger partial charge in [0.05, 0.1) is 25.4 Å². The van der Waals surface area contributed by atoms with Crippen LogP contribution in [-0.4, -0.2) is 48.5 Å². The van der Waals surface area contributed by atoms with Gasteiger partial charge in [0.2, 0.25) is 0 Å². The van der Waals surface area contributed by atoms with Gasteiger partial charge in [-0.05, 0) is 43.4 Å². The molecule has 0 unspecified atom stereocenters. The Morgan fingerprint density at radius 2 is 1.95 bits per heavy atom. The third kappa shape index (κ3) is 4.43. The van der Waals surface area contributed by atoms with Gasteiger partial charge >= 0.3 is 0 Å². The van der Waals surface area contributed by atoms with E-state index in [4.69, 9.17) is 9.47 Å². The molecule has 1 aromatic carbocycles. The zero-order valence-corrected chi connectivity index (χ0v) is 12.5. The van der Waals surface area contributed by atoms with Crippen molar-refractivity contribution in [2.45, 2.75) is 44.4 Å². The maximum Gasteiger partial charge on any atom is 0.119 e. The molecule has 3 rings (SSSR count). The molecule has 4 heteroatoms. The number of β-amino-alcohol motifs (C(OH)–C–C–N with tert-alkyl or cyclic N) is 1. The topological polar surface area (TPSA) is 41.9 Å². The van der Waals surface area contributed by atoms with Crippen molar-refractivity contribution in [2.75, 3.05) is 26.3 Å². The highest BCUT2D eigenvalue weighted by atomic mass is 16.5. The van der Waals surface area contributed by atoms with Crippen molar-refractivity contribution < 1.29 is 14.6 Å². The van der Waals surface area contributed by atoms with E-state index in [-0.39, 0.29) is 6.10 Å². The van der Waals surface area contributed by atoms with E-state index in [1.165, 1.54) is 31.2 Å². The van der Waals surface area contributed by atoms with Gasteiger partial charge in [0, 0.05) is 19.6 Å². The predicted octanol–water partition coefficient (Wildman–Crippen LogP) is 2.20. The smallest absolute Gasteiger partial charge is 0.119 e. The average Bonchev–Trinajstić information content (AvgIpc) is 2.90. The lowest BCUT2D eigenvalue weighted by molar-refractivity contribution is 0.0562. The van der Waals surface area contributed by atoms with Crippen LogP contribution in [0, 0.1) is 0 Å². The standard InChI is InChI=1S/C17H25NO3/c19-15-12-18(9-10-20-13-15)11-14-5-7-17(8-6-14)21-16-3-1-2-4-16/h5-8,15-16,19H,1-4,9-13H2/t15-/m1/s1. The van der Waals surface area contributed by atoms with Gasteiger partial charge in [0.25, 0.3) is 0 Å². The van der Waals surface area contributed by atoms with Crippen LogP contribution < -0.4 is 4.74 Å². The number of aliphatic hydroxyl groups is 1. The summed E-state index contributed by atoms with van der Waals surface area (Å²) < 4.78 is 11.3. The van der Waals surface area contributed by atoms with Crippen LogP contribution >= 0.6 is 0 Å². The monoisotopic (exact) mass is 291 g/mol. The van der Waals surface area contributed by atoms with E-state index >= 15 is 0 Å². The second-order valence-corrected chi connectivity index (χ2v) is 6.13. The van der Waals surface area contributed by atoms with Gasteiger partial charge in [0.1, 0.15) is 5.75 Å². The normalized spacial score (nSPS) is 24.9. The van der Waals surface area contributed by atoms with E-state index in [0.717, 1.165) is 18.8 Å². The van der Waals surface area contributed by atoms with E-state index in [1.54, 1.807) is 0 Å². The lowest BCUT2D eigenvalue weighted by Crippen LogP contribution is -2.32. The fourth-order valence-electron chi connectivity index (χ4n) is 3.13. The molecule has 1 N–H and O–H groups in total. The highest BCUT2D eigenvalue weighted by molar-refractivity contribution is 5.27. The second kappa shape index (κ2) is 7.25. The molecule has 1 heterocycles. The van der Waals surface area contributed by atoms with Crippen molar-refractivity contribution in [3.63, 3.8) is 0 Å². The lowest BCUT2D eigenvalue weighted by atomic mass is 10.2. The van der Waals surface area contributed by atoms with Gasteiger partial charge < -0.3 is 14.6 Å². The minimum atomic E-state index is -0.377. The van der Waals surface area contributed by atoms with E-state index < -0.39 is 0 Å². The zero-order valence-electron chi connectivity index (χ0n) is 12.5. The molecule has 2 fully saturated rings. The van der Waals surface area contributed by atoms with Crippen molar-refractivity contribution in [3.8, 4) is 5.75 Å².